The fraction of sp³-hybridized carbons (Fsp3) is 0.294. The highest BCUT2D eigenvalue weighted by atomic mass is 32.2. The van der Waals surface area contributed by atoms with Crippen molar-refractivity contribution >= 4 is 23.5 Å². The van der Waals surface area contributed by atoms with E-state index in [1.54, 1.807) is 0 Å². The molecule has 0 bridgehead atoms. The lowest BCUT2D eigenvalue weighted by molar-refractivity contribution is 1.05. The van der Waals surface area contributed by atoms with Crippen LogP contribution in [0.15, 0.2) is 60.7 Å². The summed E-state index contributed by atoms with van der Waals surface area (Å²) >= 11 is 4.11. The summed E-state index contributed by atoms with van der Waals surface area (Å²) < 4.78 is 0.681. The quantitative estimate of drug-likeness (QED) is 0.609. The summed E-state index contributed by atoms with van der Waals surface area (Å²) in [7, 11) is 0. The fourth-order valence-electron chi connectivity index (χ4n) is 1.81. The van der Waals surface area contributed by atoms with Crippen LogP contribution in [0.1, 0.15) is 24.5 Å². The molecular formula is C17H20S2. The summed E-state index contributed by atoms with van der Waals surface area (Å²) in [5, 5.41) is 0. The maximum absolute atomic E-state index is 2.28. The molecule has 0 atom stereocenters. The molecule has 0 radical (unpaired) electrons. The largest absolute Gasteiger partial charge is 0.143 e. The zero-order chi connectivity index (χ0) is 13.3. The van der Waals surface area contributed by atoms with Crippen LogP contribution in [0.3, 0.4) is 0 Å². The molecule has 0 aliphatic rings. The molecule has 0 saturated carbocycles. The first-order valence-electron chi connectivity index (χ1n) is 6.69. The molecule has 2 aromatic rings. The van der Waals surface area contributed by atoms with Crippen LogP contribution in [0.4, 0.5) is 0 Å². The zero-order valence-electron chi connectivity index (χ0n) is 11.3. The van der Waals surface area contributed by atoms with Crippen molar-refractivity contribution in [3.63, 3.8) is 0 Å². The summed E-state index contributed by atoms with van der Waals surface area (Å²) in [5.41, 5.74) is 2.84. The molecule has 0 amide bonds. The molecule has 100 valence electrons. The van der Waals surface area contributed by atoms with E-state index >= 15 is 0 Å². The lowest BCUT2D eigenvalue weighted by atomic mass is 10.2. The Morgan fingerprint density at radius 1 is 0.737 bits per heavy atom. The smallest absolute Gasteiger partial charge is 0.0506 e. The molecule has 2 heteroatoms. The Hall–Kier alpha value is -0.860. The molecule has 0 heterocycles. The Balaban J connectivity index is 1.77. The maximum atomic E-state index is 2.28. The second-order valence-electron chi connectivity index (χ2n) is 4.43. The van der Waals surface area contributed by atoms with Gasteiger partial charge in [0.15, 0.2) is 0 Å². The highest BCUT2D eigenvalue weighted by molar-refractivity contribution is 8.16. The Bertz CT molecular complexity index is 410. The summed E-state index contributed by atoms with van der Waals surface area (Å²) in [5.74, 6) is 2.22. The molecule has 0 fully saturated rings. The van der Waals surface area contributed by atoms with Gasteiger partial charge >= 0.3 is 0 Å². The van der Waals surface area contributed by atoms with Gasteiger partial charge in [-0.2, -0.15) is 0 Å². The minimum atomic E-state index is 0.681. The van der Waals surface area contributed by atoms with E-state index in [1.807, 2.05) is 0 Å². The van der Waals surface area contributed by atoms with Gasteiger partial charge in [0.05, 0.1) is 4.58 Å². The predicted octanol–water partition coefficient (Wildman–Crippen LogP) is 5.59. The SMILES string of the molecule is CCC(SCc1ccccc1)SCc1ccccc1. The van der Waals surface area contributed by atoms with Crippen molar-refractivity contribution in [1.82, 2.24) is 0 Å². The van der Waals surface area contributed by atoms with Crippen molar-refractivity contribution in [3.8, 4) is 0 Å². The second kappa shape index (κ2) is 8.34. The van der Waals surface area contributed by atoms with Crippen LogP contribution in [0.5, 0.6) is 0 Å². The van der Waals surface area contributed by atoms with Gasteiger partial charge in [0.1, 0.15) is 0 Å². The topological polar surface area (TPSA) is 0 Å². The van der Waals surface area contributed by atoms with Crippen molar-refractivity contribution in [1.29, 1.82) is 0 Å². The minimum absolute atomic E-state index is 0.681. The second-order valence-corrected chi connectivity index (χ2v) is 7.11. The van der Waals surface area contributed by atoms with Crippen LogP contribution in [0.2, 0.25) is 0 Å². The predicted molar refractivity (Wildman–Crippen MR) is 89.6 cm³/mol. The van der Waals surface area contributed by atoms with Gasteiger partial charge in [-0.1, -0.05) is 67.6 Å². The van der Waals surface area contributed by atoms with E-state index in [0.29, 0.717) is 4.58 Å². The van der Waals surface area contributed by atoms with Gasteiger partial charge in [-0.15, -0.1) is 23.5 Å². The molecule has 0 aliphatic heterocycles. The van der Waals surface area contributed by atoms with Gasteiger partial charge in [0.25, 0.3) is 0 Å². The van der Waals surface area contributed by atoms with E-state index < -0.39 is 0 Å². The van der Waals surface area contributed by atoms with Crippen LogP contribution in [0.25, 0.3) is 0 Å². The highest BCUT2D eigenvalue weighted by Crippen LogP contribution is 2.31. The van der Waals surface area contributed by atoms with Crippen LogP contribution >= 0.6 is 23.5 Å². The third-order valence-electron chi connectivity index (χ3n) is 2.89. The Labute approximate surface area is 125 Å². The van der Waals surface area contributed by atoms with E-state index in [9.17, 15) is 0 Å². The molecule has 2 aromatic carbocycles. The normalized spacial score (nSPS) is 10.8. The van der Waals surface area contributed by atoms with E-state index in [0.717, 1.165) is 11.5 Å². The first-order chi connectivity index (χ1) is 9.38. The van der Waals surface area contributed by atoms with Crippen LogP contribution in [-0.4, -0.2) is 4.58 Å². The summed E-state index contributed by atoms with van der Waals surface area (Å²) in [6, 6.07) is 21.5. The van der Waals surface area contributed by atoms with Gasteiger partial charge in [-0.3, -0.25) is 0 Å². The maximum Gasteiger partial charge on any atom is 0.0506 e. The molecule has 0 nitrogen and oxygen atoms in total. The average molecular weight is 288 g/mol. The first-order valence-corrected chi connectivity index (χ1v) is 8.79. The van der Waals surface area contributed by atoms with Crippen LogP contribution in [-0.2, 0) is 11.5 Å². The van der Waals surface area contributed by atoms with Gasteiger partial charge in [0.2, 0.25) is 0 Å². The van der Waals surface area contributed by atoms with E-state index in [-0.39, 0.29) is 0 Å². The van der Waals surface area contributed by atoms with E-state index in [1.165, 1.54) is 17.5 Å². The van der Waals surface area contributed by atoms with Crippen LogP contribution in [0, 0.1) is 0 Å². The van der Waals surface area contributed by atoms with Gasteiger partial charge in [-0.05, 0) is 17.5 Å². The molecule has 0 spiro atoms. The van der Waals surface area contributed by atoms with Gasteiger partial charge in [0, 0.05) is 11.5 Å². The summed E-state index contributed by atoms with van der Waals surface area (Å²) in [6.07, 6.45) is 1.22. The fourth-order valence-corrected chi connectivity index (χ4v) is 4.22. The Morgan fingerprint density at radius 2 is 1.16 bits per heavy atom. The number of benzene rings is 2. The third kappa shape index (κ3) is 5.33. The molecule has 0 aliphatic carbocycles. The molecule has 0 saturated heterocycles. The monoisotopic (exact) mass is 288 g/mol. The first kappa shape index (κ1) is 14.5. The van der Waals surface area contributed by atoms with Gasteiger partial charge in [-0.25, -0.2) is 0 Å². The summed E-state index contributed by atoms with van der Waals surface area (Å²) in [4.78, 5) is 0. The van der Waals surface area contributed by atoms with Crippen molar-refractivity contribution in [2.75, 3.05) is 0 Å². The molecule has 2 rings (SSSR count). The lowest BCUT2D eigenvalue weighted by Gasteiger charge is -2.14. The average Bonchev–Trinajstić information content (AvgIpc) is 2.49. The molecule has 0 aromatic heterocycles. The number of hydrogen-bond donors (Lipinski definition) is 0. The van der Waals surface area contributed by atoms with E-state index in [4.69, 9.17) is 0 Å². The van der Waals surface area contributed by atoms with E-state index in [2.05, 4.69) is 91.1 Å². The summed E-state index contributed by atoms with van der Waals surface area (Å²) in [6.45, 7) is 2.28. The molecule has 0 unspecified atom stereocenters. The zero-order valence-corrected chi connectivity index (χ0v) is 12.9. The van der Waals surface area contributed by atoms with Crippen molar-refractivity contribution < 1.29 is 0 Å². The number of thioether (sulfide) groups is 2. The van der Waals surface area contributed by atoms with Crippen molar-refractivity contribution in [3.05, 3.63) is 71.8 Å². The highest BCUT2D eigenvalue weighted by Gasteiger charge is 2.07. The standard InChI is InChI=1S/C17H20S2/c1-2-17(18-13-15-9-5-3-6-10-15)19-14-16-11-7-4-8-12-16/h3-12,17H,2,13-14H2,1H3. The molecule has 0 N–H and O–H groups in total. The number of rotatable bonds is 7. The van der Waals surface area contributed by atoms with Crippen LogP contribution < -0.4 is 0 Å². The minimum Gasteiger partial charge on any atom is -0.143 e. The van der Waals surface area contributed by atoms with Gasteiger partial charge < -0.3 is 0 Å². The number of hydrogen-bond acceptors (Lipinski definition) is 2. The molecular weight excluding hydrogens is 268 g/mol. The third-order valence-corrected chi connectivity index (χ3v) is 6.12. The molecule has 19 heavy (non-hydrogen) atoms. The van der Waals surface area contributed by atoms with Crippen molar-refractivity contribution in [2.45, 2.75) is 29.4 Å². The lowest BCUT2D eigenvalue weighted by Crippen LogP contribution is -1.96. The Kier molecular flexibility index (Phi) is 6.38. The van der Waals surface area contributed by atoms with Crippen molar-refractivity contribution in [2.24, 2.45) is 0 Å². The Morgan fingerprint density at radius 3 is 1.53 bits per heavy atom.